The summed E-state index contributed by atoms with van der Waals surface area (Å²) in [5.74, 6) is -1.71. The molecule has 1 saturated carbocycles. The van der Waals surface area contributed by atoms with Crippen LogP contribution in [0.2, 0.25) is 0 Å². The standard InChI is InChI=1S/C14H17FN2O3/c1-17(2)9-4-5-10(11(15)8-9)12(18)16-14(6-7-14)13(19)20-3/h4-5,8H,6-7H2,1-3H3,(H,16,18). The van der Waals surface area contributed by atoms with Gasteiger partial charge in [0.25, 0.3) is 5.91 Å². The quantitative estimate of drug-likeness (QED) is 0.845. The molecule has 1 aliphatic carbocycles. The SMILES string of the molecule is COC(=O)C1(NC(=O)c2ccc(N(C)C)cc2F)CC1. The van der Waals surface area contributed by atoms with Crippen molar-refractivity contribution in [3.63, 3.8) is 0 Å². The van der Waals surface area contributed by atoms with Crippen molar-refractivity contribution in [2.75, 3.05) is 26.1 Å². The number of benzene rings is 1. The molecule has 0 aliphatic heterocycles. The van der Waals surface area contributed by atoms with E-state index in [4.69, 9.17) is 0 Å². The Morgan fingerprint density at radius 3 is 2.45 bits per heavy atom. The maximum Gasteiger partial charge on any atom is 0.331 e. The van der Waals surface area contributed by atoms with Crippen LogP contribution in [0, 0.1) is 5.82 Å². The van der Waals surface area contributed by atoms with Gasteiger partial charge in [-0.1, -0.05) is 0 Å². The zero-order valence-corrected chi connectivity index (χ0v) is 11.7. The summed E-state index contributed by atoms with van der Waals surface area (Å²) in [6.45, 7) is 0. The maximum absolute atomic E-state index is 13.9. The van der Waals surface area contributed by atoms with Gasteiger partial charge in [0.2, 0.25) is 0 Å². The molecule has 0 unspecified atom stereocenters. The predicted molar refractivity (Wildman–Crippen MR) is 72.2 cm³/mol. The molecular formula is C14H17FN2O3. The van der Waals surface area contributed by atoms with Crippen molar-refractivity contribution in [2.45, 2.75) is 18.4 Å². The number of carbonyl (C=O) groups is 2. The number of nitrogens with zero attached hydrogens (tertiary/aromatic N) is 1. The highest BCUT2D eigenvalue weighted by molar-refractivity contribution is 5.99. The largest absolute Gasteiger partial charge is 0.467 e. The van der Waals surface area contributed by atoms with Gasteiger partial charge in [0, 0.05) is 19.8 Å². The summed E-state index contributed by atoms with van der Waals surface area (Å²) >= 11 is 0. The summed E-state index contributed by atoms with van der Waals surface area (Å²) in [7, 11) is 4.83. The molecule has 0 radical (unpaired) electrons. The van der Waals surface area contributed by atoms with Gasteiger partial charge in [0.1, 0.15) is 11.4 Å². The third-order valence-corrected chi connectivity index (χ3v) is 3.39. The molecule has 1 N–H and O–H groups in total. The van der Waals surface area contributed by atoms with Crippen LogP contribution in [0.3, 0.4) is 0 Å². The lowest BCUT2D eigenvalue weighted by Crippen LogP contribution is -2.44. The lowest BCUT2D eigenvalue weighted by atomic mass is 10.1. The molecule has 0 heterocycles. The minimum atomic E-state index is -0.974. The lowest BCUT2D eigenvalue weighted by molar-refractivity contribution is -0.144. The molecule has 0 atom stereocenters. The molecular weight excluding hydrogens is 263 g/mol. The van der Waals surface area contributed by atoms with Crippen LogP contribution < -0.4 is 10.2 Å². The van der Waals surface area contributed by atoms with Gasteiger partial charge < -0.3 is 15.0 Å². The molecule has 1 aliphatic rings. The van der Waals surface area contributed by atoms with Crippen LogP contribution in [0.5, 0.6) is 0 Å². The van der Waals surface area contributed by atoms with Crippen LogP contribution in [-0.2, 0) is 9.53 Å². The highest BCUT2D eigenvalue weighted by Gasteiger charge is 2.52. The number of ether oxygens (including phenoxy) is 1. The predicted octanol–water partition coefficient (Wildman–Crippen LogP) is 1.33. The fraction of sp³-hybridized carbons (Fsp3) is 0.429. The van der Waals surface area contributed by atoms with E-state index in [-0.39, 0.29) is 5.56 Å². The molecule has 1 aromatic rings. The van der Waals surface area contributed by atoms with E-state index in [0.717, 1.165) is 0 Å². The third-order valence-electron chi connectivity index (χ3n) is 3.39. The van der Waals surface area contributed by atoms with Gasteiger partial charge in [-0.15, -0.1) is 0 Å². The maximum atomic E-state index is 13.9. The number of rotatable bonds is 4. The number of methoxy groups -OCH3 is 1. The number of hydrogen-bond acceptors (Lipinski definition) is 4. The Morgan fingerprint density at radius 2 is 2.00 bits per heavy atom. The van der Waals surface area contributed by atoms with Crippen LogP contribution in [0.1, 0.15) is 23.2 Å². The average molecular weight is 280 g/mol. The fourth-order valence-corrected chi connectivity index (χ4v) is 1.95. The minimum Gasteiger partial charge on any atom is -0.467 e. The Hall–Kier alpha value is -2.11. The number of esters is 1. The van der Waals surface area contributed by atoms with E-state index in [1.807, 2.05) is 0 Å². The van der Waals surface area contributed by atoms with Crippen molar-refractivity contribution in [2.24, 2.45) is 0 Å². The highest BCUT2D eigenvalue weighted by Crippen LogP contribution is 2.36. The molecule has 1 fully saturated rings. The van der Waals surface area contributed by atoms with E-state index in [1.54, 1.807) is 25.1 Å². The molecule has 5 nitrogen and oxygen atoms in total. The van der Waals surface area contributed by atoms with E-state index in [1.165, 1.54) is 19.2 Å². The second kappa shape index (κ2) is 5.11. The van der Waals surface area contributed by atoms with Gasteiger partial charge in [-0.05, 0) is 31.0 Å². The van der Waals surface area contributed by atoms with E-state index < -0.39 is 23.2 Å². The van der Waals surface area contributed by atoms with Crippen molar-refractivity contribution >= 4 is 17.6 Å². The molecule has 2 rings (SSSR count). The first-order chi connectivity index (χ1) is 9.39. The normalized spacial score (nSPS) is 15.4. The number of carbonyl (C=O) groups excluding carboxylic acids is 2. The number of anilines is 1. The zero-order chi connectivity index (χ0) is 14.9. The molecule has 0 aromatic heterocycles. The monoisotopic (exact) mass is 280 g/mol. The average Bonchev–Trinajstić information content (AvgIpc) is 3.18. The molecule has 20 heavy (non-hydrogen) atoms. The molecule has 6 heteroatoms. The highest BCUT2D eigenvalue weighted by atomic mass is 19.1. The third kappa shape index (κ3) is 2.59. The van der Waals surface area contributed by atoms with E-state index in [9.17, 15) is 14.0 Å². The Balaban J connectivity index is 2.16. The van der Waals surface area contributed by atoms with Gasteiger partial charge >= 0.3 is 5.97 Å². The Kier molecular flexibility index (Phi) is 3.65. The molecule has 0 saturated heterocycles. The summed E-state index contributed by atoms with van der Waals surface area (Å²) < 4.78 is 18.6. The van der Waals surface area contributed by atoms with Crippen LogP contribution >= 0.6 is 0 Å². The van der Waals surface area contributed by atoms with Crippen LogP contribution in [0.25, 0.3) is 0 Å². The van der Waals surface area contributed by atoms with Gasteiger partial charge in [-0.2, -0.15) is 0 Å². The number of amides is 1. The van der Waals surface area contributed by atoms with E-state index in [2.05, 4.69) is 10.1 Å². The van der Waals surface area contributed by atoms with Gasteiger partial charge in [0.05, 0.1) is 12.7 Å². The first kappa shape index (κ1) is 14.3. The summed E-state index contributed by atoms with van der Waals surface area (Å²) in [5, 5.41) is 2.56. The van der Waals surface area contributed by atoms with Crippen molar-refractivity contribution in [1.82, 2.24) is 5.32 Å². The number of nitrogens with one attached hydrogen (secondary N) is 1. The second-order valence-electron chi connectivity index (χ2n) is 5.09. The van der Waals surface area contributed by atoms with Gasteiger partial charge in [0.15, 0.2) is 0 Å². The second-order valence-corrected chi connectivity index (χ2v) is 5.09. The molecule has 1 amide bonds. The van der Waals surface area contributed by atoms with Crippen molar-refractivity contribution in [3.8, 4) is 0 Å². The van der Waals surface area contributed by atoms with Crippen LogP contribution in [0.4, 0.5) is 10.1 Å². The minimum absolute atomic E-state index is 0.0780. The Morgan fingerprint density at radius 1 is 1.35 bits per heavy atom. The number of hydrogen-bond donors (Lipinski definition) is 1. The Bertz CT molecular complexity index is 553. The zero-order valence-electron chi connectivity index (χ0n) is 11.7. The smallest absolute Gasteiger partial charge is 0.331 e. The summed E-state index contributed by atoms with van der Waals surface area (Å²) in [5.41, 5.74) is -0.391. The number of halogens is 1. The molecule has 1 aromatic carbocycles. The van der Waals surface area contributed by atoms with Crippen LogP contribution in [0.15, 0.2) is 18.2 Å². The van der Waals surface area contributed by atoms with Crippen molar-refractivity contribution in [3.05, 3.63) is 29.6 Å². The van der Waals surface area contributed by atoms with Crippen LogP contribution in [-0.4, -0.2) is 38.6 Å². The summed E-state index contributed by atoms with van der Waals surface area (Å²) in [6, 6.07) is 4.34. The van der Waals surface area contributed by atoms with E-state index in [0.29, 0.717) is 18.5 Å². The first-order valence-corrected chi connectivity index (χ1v) is 6.27. The van der Waals surface area contributed by atoms with Gasteiger partial charge in [-0.3, -0.25) is 4.79 Å². The lowest BCUT2D eigenvalue weighted by Gasteiger charge is -2.16. The Labute approximate surface area is 116 Å². The summed E-state index contributed by atoms with van der Waals surface area (Å²) in [4.78, 5) is 25.3. The van der Waals surface area contributed by atoms with Crippen molar-refractivity contribution in [1.29, 1.82) is 0 Å². The van der Waals surface area contributed by atoms with Crippen molar-refractivity contribution < 1.29 is 18.7 Å². The topological polar surface area (TPSA) is 58.6 Å². The van der Waals surface area contributed by atoms with E-state index >= 15 is 0 Å². The summed E-state index contributed by atoms with van der Waals surface area (Å²) in [6.07, 6.45) is 1.03. The molecule has 0 spiro atoms. The molecule has 0 bridgehead atoms. The fourth-order valence-electron chi connectivity index (χ4n) is 1.95. The van der Waals surface area contributed by atoms with Gasteiger partial charge in [-0.25, -0.2) is 9.18 Å². The first-order valence-electron chi connectivity index (χ1n) is 6.27. The molecule has 108 valence electrons.